The first kappa shape index (κ1) is 11.2. The van der Waals surface area contributed by atoms with Crippen LogP contribution >= 0.6 is 15.9 Å². The fraction of sp³-hybridized carbons (Fsp3) is 0.500. The Kier molecular flexibility index (Phi) is 4.09. The maximum absolute atomic E-state index is 11.1. The summed E-state index contributed by atoms with van der Waals surface area (Å²) in [6, 6.07) is 0. The topological polar surface area (TPSA) is 78.0 Å². The standard InChI is InChI=1S/C8H12BrN3O2/c1-5(3-13)2-10-7-6(9)8(14)12-4-11-7/h4-5,13H,2-3H2,1H3,(H2,10,11,12,14). The molecular formula is C8H12BrN3O2. The van der Waals surface area contributed by atoms with Gasteiger partial charge in [-0.15, -0.1) is 0 Å². The van der Waals surface area contributed by atoms with Crippen molar-refractivity contribution in [3.63, 3.8) is 0 Å². The van der Waals surface area contributed by atoms with E-state index in [9.17, 15) is 4.79 Å². The smallest absolute Gasteiger partial charge is 0.267 e. The largest absolute Gasteiger partial charge is 0.396 e. The van der Waals surface area contributed by atoms with Crippen LogP contribution in [0.2, 0.25) is 0 Å². The molecule has 1 heterocycles. The molecule has 0 aliphatic carbocycles. The molecule has 0 aliphatic rings. The van der Waals surface area contributed by atoms with Crippen LogP contribution < -0.4 is 10.9 Å². The molecule has 0 fully saturated rings. The number of aromatic nitrogens is 2. The number of hydrogen-bond acceptors (Lipinski definition) is 4. The number of aliphatic hydroxyl groups is 1. The summed E-state index contributed by atoms with van der Waals surface area (Å²) in [5.41, 5.74) is -0.223. The van der Waals surface area contributed by atoms with E-state index in [4.69, 9.17) is 5.11 Å². The number of nitrogens with one attached hydrogen (secondary N) is 2. The lowest BCUT2D eigenvalue weighted by atomic mass is 10.2. The average molecular weight is 262 g/mol. The summed E-state index contributed by atoms with van der Waals surface area (Å²) >= 11 is 3.12. The van der Waals surface area contributed by atoms with Gasteiger partial charge in [0.1, 0.15) is 10.3 Å². The van der Waals surface area contributed by atoms with E-state index in [-0.39, 0.29) is 18.1 Å². The van der Waals surface area contributed by atoms with E-state index in [1.807, 2.05) is 6.92 Å². The Bertz CT molecular complexity index is 353. The summed E-state index contributed by atoms with van der Waals surface area (Å²) in [5.74, 6) is 0.622. The molecule has 3 N–H and O–H groups in total. The van der Waals surface area contributed by atoms with E-state index < -0.39 is 0 Å². The molecule has 1 aromatic rings. The van der Waals surface area contributed by atoms with Crippen molar-refractivity contribution in [2.45, 2.75) is 6.92 Å². The molecular weight excluding hydrogens is 250 g/mol. The van der Waals surface area contributed by atoms with Crippen LogP contribution in [-0.4, -0.2) is 28.2 Å². The van der Waals surface area contributed by atoms with Crippen molar-refractivity contribution >= 4 is 21.7 Å². The number of aliphatic hydroxyl groups excluding tert-OH is 1. The van der Waals surface area contributed by atoms with Gasteiger partial charge in [0.2, 0.25) is 0 Å². The van der Waals surface area contributed by atoms with Gasteiger partial charge in [0, 0.05) is 13.2 Å². The number of halogens is 1. The Morgan fingerprint density at radius 2 is 2.50 bits per heavy atom. The molecule has 0 aromatic carbocycles. The minimum atomic E-state index is -0.223. The molecule has 0 spiro atoms. The lowest BCUT2D eigenvalue weighted by Gasteiger charge is -2.10. The van der Waals surface area contributed by atoms with Crippen LogP contribution in [0.25, 0.3) is 0 Å². The zero-order valence-electron chi connectivity index (χ0n) is 7.75. The second kappa shape index (κ2) is 5.11. The highest BCUT2D eigenvalue weighted by atomic mass is 79.9. The molecule has 14 heavy (non-hydrogen) atoms. The van der Waals surface area contributed by atoms with Crippen LogP contribution in [0.5, 0.6) is 0 Å². The third-order valence-corrected chi connectivity index (χ3v) is 2.46. The maximum atomic E-state index is 11.1. The summed E-state index contributed by atoms with van der Waals surface area (Å²) < 4.78 is 0.380. The second-order valence-corrected chi connectivity index (χ2v) is 3.86. The maximum Gasteiger partial charge on any atom is 0.267 e. The van der Waals surface area contributed by atoms with E-state index in [0.29, 0.717) is 16.8 Å². The highest BCUT2D eigenvalue weighted by molar-refractivity contribution is 9.10. The van der Waals surface area contributed by atoms with Gasteiger partial charge in [-0.25, -0.2) is 4.98 Å². The fourth-order valence-electron chi connectivity index (χ4n) is 0.842. The third-order valence-electron chi connectivity index (χ3n) is 1.73. The quantitative estimate of drug-likeness (QED) is 0.741. The van der Waals surface area contributed by atoms with Gasteiger partial charge in [-0.1, -0.05) is 6.92 Å². The molecule has 1 rings (SSSR count). The van der Waals surface area contributed by atoms with Gasteiger partial charge < -0.3 is 15.4 Å². The van der Waals surface area contributed by atoms with Crippen molar-refractivity contribution in [1.29, 1.82) is 0 Å². The van der Waals surface area contributed by atoms with Crippen molar-refractivity contribution < 1.29 is 5.11 Å². The number of aromatic amines is 1. The Hall–Kier alpha value is -0.880. The molecule has 0 saturated carbocycles. The average Bonchev–Trinajstić information content (AvgIpc) is 2.20. The molecule has 1 unspecified atom stereocenters. The van der Waals surface area contributed by atoms with Crippen molar-refractivity contribution in [3.8, 4) is 0 Å². The lowest BCUT2D eigenvalue weighted by molar-refractivity contribution is 0.244. The minimum absolute atomic E-state index is 0.105. The highest BCUT2D eigenvalue weighted by Crippen LogP contribution is 2.13. The minimum Gasteiger partial charge on any atom is -0.396 e. The van der Waals surface area contributed by atoms with Gasteiger partial charge in [-0.05, 0) is 21.8 Å². The molecule has 5 nitrogen and oxygen atoms in total. The second-order valence-electron chi connectivity index (χ2n) is 3.06. The molecule has 0 aliphatic heterocycles. The number of H-pyrrole nitrogens is 1. The number of rotatable bonds is 4. The Morgan fingerprint density at radius 3 is 3.14 bits per heavy atom. The van der Waals surface area contributed by atoms with Crippen LogP contribution in [-0.2, 0) is 0 Å². The molecule has 0 bridgehead atoms. The van der Waals surface area contributed by atoms with Crippen LogP contribution in [0.15, 0.2) is 15.6 Å². The summed E-state index contributed by atoms with van der Waals surface area (Å²) in [4.78, 5) is 17.5. The van der Waals surface area contributed by atoms with E-state index >= 15 is 0 Å². The molecule has 1 aromatic heterocycles. The molecule has 6 heteroatoms. The van der Waals surface area contributed by atoms with Gasteiger partial charge in [0.05, 0.1) is 6.33 Å². The molecule has 0 radical (unpaired) electrons. The first-order valence-electron chi connectivity index (χ1n) is 4.23. The normalized spacial score (nSPS) is 12.5. The molecule has 0 amide bonds. The predicted octanol–water partition coefficient (Wildman–Crippen LogP) is 0.573. The van der Waals surface area contributed by atoms with Gasteiger partial charge >= 0.3 is 0 Å². The number of nitrogens with zero attached hydrogens (tertiary/aromatic N) is 1. The number of hydrogen-bond donors (Lipinski definition) is 3. The van der Waals surface area contributed by atoms with E-state index in [1.165, 1.54) is 6.33 Å². The summed E-state index contributed by atoms with van der Waals surface area (Å²) in [6.45, 7) is 2.58. The fourth-order valence-corrected chi connectivity index (χ4v) is 1.20. The van der Waals surface area contributed by atoms with Gasteiger partial charge in [-0.3, -0.25) is 4.79 Å². The summed E-state index contributed by atoms with van der Waals surface area (Å²) in [5, 5.41) is 11.8. The van der Waals surface area contributed by atoms with Gasteiger partial charge in [0.15, 0.2) is 0 Å². The Labute approximate surface area is 89.7 Å². The molecule has 0 saturated heterocycles. The zero-order chi connectivity index (χ0) is 10.6. The Morgan fingerprint density at radius 1 is 1.79 bits per heavy atom. The van der Waals surface area contributed by atoms with Gasteiger partial charge in [0.25, 0.3) is 5.56 Å². The van der Waals surface area contributed by atoms with Crippen molar-refractivity contribution in [2.24, 2.45) is 5.92 Å². The van der Waals surface area contributed by atoms with Gasteiger partial charge in [-0.2, -0.15) is 0 Å². The first-order chi connectivity index (χ1) is 6.65. The highest BCUT2D eigenvalue weighted by Gasteiger charge is 2.06. The zero-order valence-corrected chi connectivity index (χ0v) is 9.34. The van der Waals surface area contributed by atoms with Crippen molar-refractivity contribution in [3.05, 3.63) is 21.2 Å². The third kappa shape index (κ3) is 2.81. The Balaban J connectivity index is 2.68. The summed E-state index contributed by atoms with van der Waals surface area (Å²) in [6.07, 6.45) is 1.33. The predicted molar refractivity (Wildman–Crippen MR) is 57.3 cm³/mol. The van der Waals surface area contributed by atoms with Crippen molar-refractivity contribution in [2.75, 3.05) is 18.5 Å². The van der Waals surface area contributed by atoms with E-state index in [1.54, 1.807) is 0 Å². The van der Waals surface area contributed by atoms with Crippen LogP contribution in [0.3, 0.4) is 0 Å². The van der Waals surface area contributed by atoms with Crippen LogP contribution in [0.4, 0.5) is 5.82 Å². The molecule has 78 valence electrons. The number of anilines is 1. The summed E-state index contributed by atoms with van der Waals surface area (Å²) in [7, 11) is 0. The first-order valence-corrected chi connectivity index (χ1v) is 5.02. The van der Waals surface area contributed by atoms with Crippen molar-refractivity contribution in [1.82, 2.24) is 9.97 Å². The SMILES string of the molecule is CC(CO)CNc1nc[nH]c(=O)c1Br. The monoisotopic (exact) mass is 261 g/mol. The van der Waals surface area contributed by atoms with E-state index in [0.717, 1.165) is 0 Å². The molecule has 1 atom stereocenters. The van der Waals surface area contributed by atoms with Crippen LogP contribution in [0.1, 0.15) is 6.92 Å². The van der Waals surface area contributed by atoms with E-state index in [2.05, 4.69) is 31.2 Å². The lowest BCUT2D eigenvalue weighted by Crippen LogP contribution is -2.18. The van der Waals surface area contributed by atoms with Crippen LogP contribution in [0, 0.1) is 5.92 Å².